The lowest BCUT2D eigenvalue weighted by Crippen LogP contribution is -2.43. The van der Waals surface area contributed by atoms with Crippen LogP contribution in [0, 0.1) is 20.2 Å². The Bertz CT molecular complexity index is 529. The molecule has 0 aliphatic heterocycles. The predicted molar refractivity (Wildman–Crippen MR) is 76.9 cm³/mol. The van der Waals surface area contributed by atoms with Crippen LogP contribution in [0.2, 0.25) is 0 Å². The Labute approximate surface area is 122 Å². The molecule has 0 unspecified atom stereocenters. The average molecular weight is 297 g/mol. The molecule has 0 bridgehead atoms. The first kappa shape index (κ1) is 17.0. The number of benzene rings is 1. The highest BCUT2D eigenvalue weighted by Crippen LogP contribution is 2.25. The van der Waals surface area contributed by atoms with Crippen LogP contribution in [0.1, 0.15) is 32.3 Å². The summed E-state index contributed by atoms with van der Waals surface area (Å²) in [6.07, 6.45) is 1.46. The number of nitro benzene ring substituents is 2. The lowest BCUT2D eigenvalue weighted by molar-refractivity contribution is -0.394. The molecule has 1 aromatic carbocycles. The Kier molecular flexibility index (Phi) is 5.74. The largest absolute Gasteiger partial charge is 0.375 e. The van der Waals surface area contributed by atoms with Gasteiger partial charge in [-0.1, -0.05) is 13.8 Å². The van der Waals surface area contributed by atoms with Crippen molar-refractivity contribution >= 4 is 11.4 Å². The van der Waals surface area contributed by atoms with Crippen LogP contribution < -0.4 is 5.73 Å². The summed E-state index contributed by atoms with van der Waals surface area (Å²) in [6, 6.07) is 3.50. The summed E-state index contributed by atoms with van der Waals surface area (Å²) in [5.74, 6) is 0. The smallest absolute Gasteiger partial charge is 0.281 e. The van der Waals surface area contributed by atoms with Gasteiger partial charge in [-0.05, 0) is 18.9 Å². The summed E-state index contributed by atoms with van der Waals surface area (Å²) in [6.45, 7) is 4.16. The van der Waals surface area contributed by atoms with Gasteiger partial charge in [-0.15, -0.1) is 0 Å². The second-order valence-corrected chi connectivity index (χ2v) is 4.89. The molecule has 116 valence electrons. The van der Waals surface area contributed by atoms with Crippen molar-refractivity contribution in [2.24, 2.45) is 5.73 Å². The van der Waals surface area contributed by atoms with Crippen molar-refractivity contribution < 1.29 is 14.6 Å². The van der Waals surface area contributed by atoms with E-state index in [0.717, 1.165) is 18.9 Å². The van der Waals surface area contributed by atoms with Crippen molar-refractivity contribution in [2.45, 2.75) is 38.8 Å². The van der Waals surface area contributed by atoms with Crippen molar-refractivity contribution in [1.29, 1.82) is 0 Å². The summed E-state index contributed by atoms with van der Waals surface area (Å²) in [4.78, 5) is 20.3. The number of hydrogen-bond acceptors (Lipinski definition) is 6. The van der Waals surface area contributed by atoms with E-state index in [9.17, 15) is 20.2 Å². The maximum atomic E-state index is 11.0. The standard InChI is InChI=1S/C13H19N3O5/c1-3-13(14,4-2)9-21-8-10-5-6-11(15(17)18)7-12(10)16(19)20/h5-7H,3-4,8-9,14H2,1-2H3. The summed E-state index contributed by atoms with van der Waals surface area (Å²) in [5.41, 5.74) is 5.26. The lowest BCUT2D eigenvalue weighted by atomic mass is 9.96. The first-order valence-corrected chi connectivity index (χ1v) is 6.61. The molecule has 21 heavy (non-hydrogen) atoms. The first-order chi connectivity index (χ1) is 9.83. The molecule has 0 radical (unpaired) electrons. The van der Waals surface area contributed by atoms with Gasteiger partial charge in [0.1, 0.15) is 0 Å². The number of ether oxygens (including phenoxy) is 1. The minimum absolute atomic E-state index is 0.00669. The number of non-ortho nitro benzene ring substituents is 1. The fourth-order valence-electron chi connectivity index (χ4n) is 1.78. The summed E-state index contributed by atoms with van der Waals surface area (Å²) < 4.78 is 5.46. The van der Waals surface area contributed by atoms with E-state index in [1.807, 2.05) is 13.8 Å². The molecule has 0 saturated carbocycles. The second-order valence-electron chi connectivity index (χ2n) is 4.89. The van der Waals surface area contributed by atoms with Crippen molar-refractivity contribution in [3.63, 3.8) is 0 Å². The Balaban J connectivity index is 2.84. The van der Waals surface area contributed by atoms with Crippen molar-refractivity contribution in [3.8, 4) is 0 Å². The molecule has 1 aromatic rings. The van der Waals surface area contributed by atoms with Gasteiger partial charge in [0.25, 0.3) is 11.4 Å². The van der Waals surface area contributed by atoms with E-state index in [1.165, 1.54) is 12.1 Å². The van der Waals surface area contributed by atoms with E-state index in [2.05, 4.69) is 0 Å². The molecule has 8 nitrogen and oxygen atoms in total. The van der Waals surface area contributed by atoms with Gasteiger partial charge in [0, 0.05) is 11.6 Å². The van der Waals surface area contributed by atoms with Crippen LogP contribution >= 0.6 is 0 Å². The molecule has 0 aliphatic carbocycles. The highest BCUT2D eigenvalue weighted by molar-refractivity contribution is 5.48. The van der Waals surface area contributed by atoms with Gasteiger partial charge >= 0.3 is 0 Å². The van der Waals surface area contributed by atoms with Gasteiger partial charge in [-0.25, -0.2) is 0 Å². The van der Waals surface area contributed by atoms with Gasteiger partial charge < -0.3 is 10.5 Å². The molecule has 0 amide bonds. The minimum Gasteiger partial charge on any atom is -0.375 e. The van der Waals surface area contributed by atoms with E-state index in [0.29, 0.717) is 5.56 Å². The highest BCUT2D eigenvalue weighted by Gasteiger charge is 2.23. The Morgan fingerprint density at radius 2 is 1.81 bits per heavy atom. The van der Waals surface area contributed by atoms with Gasteiger partial charge in [-0.3, -0.25) is 20.2 Å². The van der Waals surface area contributed by atoms with Gasteiger partial charge in [0.15, 0.2) is 0 Å². The van der Waals surface area contributed by atoms with Crippen LogP contribution in [-0.4, -0.2) is 22.0 Å². The van der Waals surface area contributed by atoms with E-state index in [-0.39, 0.29) is 24.6 Å². The highest BCUT2D eigenvalue weighted by atomic mass is 16.6. The van der Waals surface area contributed by atoms with Crippen LogP contribution in [-0.2, 0) is 11.3 Å². The second kappa shape index (κ2) is 7.09. The lowest BCUT2D eigenvalue weighted by Gasteiger charge is -2.26. The maximum Gasteiger partial charge on any atom is 0.281 e. The summed E-state index contributed by atoms with van der Waals surface area (Å²) >= 11 is 0. The van der Waals surface area contributed by atoms with Crippen molar-refractivity contribution in [1.82, 2.24) is 0 Å². The van der Waals surface area contributed by atoms with Gasteiger partial charge in [-0.2, -0.15) is 0 Å². The van der Waals surface area contributed by atoms with Crippen LogP contribution in [0.5, 0.6) is 0 Å². The van der Waals surface area contributed by atoms with Crippen LogP contribution in [0.3, 0.4) is 0 Å². The molecule has 1 rings (SSSR count). The number of nitrogens with zero attached hydrogens (tertiary/aromatic N) is 2. The molecule has 0 heterocycles. The SMILES string of the molecule is CCC(N)(CC)COCc1ccc([N+](=O)[O-])cc1[N+](=O)[O-]. The van der Waals surface area contributed by atoms with Gasteiger partial charge in [0.2, 0.25) is 0 Å². The Hall–Kier alpha value is -2.06. The molecule has 8 heteroatoms. The maximum absolute atomic E-state index is 11.0. The molecule has 0 fully saturated rings. The van der Waals surface area contributed by atoms with E-state index >= 15 is 0 Å². The zero-order valence-corrected chi connectivity index (χ0v) is 12.1. The Morgan fingerprint density at radius 3 is 2.29 bits per heavy atom. The third-order valence-electron chi connectivity index (χ3n) is 3.53. The molecule has 0 saturated heterocycles. The minimum atomic E-state index is -0.670. The van der Waals surface area contributed by atoms with Gasteiger partial charge in [0.05, 0.1) is 34.7 Å². The zero-order valence-electron chi connectivity index (χ0n) is 12.1. The Morgan fingerprint density at radius 1 is 1.19 bits per heavy atom. The van der Waals surface area contributed by atoms with Crippen LogP contribution in [0.4, 0.5) is 11.4 Å². The molecular weight excluding hydrogens is 278 g/mol. The number of rotatable bonds is 8. The third kappa shape index (κ3) is 4.47. The predicted octanol–water partition coefficient (Wildman–Crippen LogP) is 2.54. The first-order valence-electron chi connectivity index (χ1n) is 6.61. The normalized spacial score (nSPS) is 11.4. The molecule has 0 aliphatic rings. The topological polar surface area (TPSA) is 122 Å². The fourth-order valence-corrected chi connectivity index (χ4v) is 1.78. The number of nitro groups is 2. The van der Waals surface area contributed by atoms with E-state index in [4.69, 9.17) is 10.5 Å². The van der Waals surface area contributed by atoms with Crippen LogP contribution in [0.25, 0.3) is 0 Å². The van der Waals surface area contributed by atoms with E-state index < -0.39 is 15.4 Å². The summed E-state index contributed by atoms with van der Waals surface area (Å²) in [5, 5.41) is 21.6. The number of nitrogens with two attached hydrogens (primary N) is 1. The van der Waals surface area contributed by atoms with E-state index in [1.54, 1.807) is 0 Å². The number of hydrogen-bond donors (Lipinski definition) is 1. The molecule has 0 atom stereocenters. The zero-order chi connectivity index (χ0) is 16.0. The van der Waals surface area contributed by atoms with Crippen molar-refractivity contribution in [2.75, 3.05) is 6.61 Å². The van der Waals surface area contributed by atoms with Crippen LogP contribution in [0.15, 0.2) is 18.2 Å². The molecule has 0 spiro atoms. The molecule has 2 N–H and O–H groups in total. The summed E-state index contributed by atoms with van der Waals surface area (Å²) in [7, 11) is 0. The molecular formula is C13H19N3O5. The average Bonchev–Trinajstić information content (AvgIpc) is 2.46. The quantitative estimate of drug-likeness (QED) is 0.581. The monoisotopic (exact) mass is 297 g/mol. The third-order valence-corrected chi connectivity index (χ3v) is 3.53. The molecule has 0 aromatic heterocycles. The fraction of sp³-hybridized carbons (Fsp3) is 0.538. The van der Waals surface area contributed by atoms with Crippen molar-refractivity contribution in [3.05, 3.63) is 44.0 Å².